The van der Waals surface area contributed by atoms with Crippen molar-refractivity contribution in [1.82, 2.24) is 10.2 Å². The van der Waals surface area contributed by atoms with Crippen LogP contribution in [0.3, 0.4) is 0 Å². The molecule has 2 amide bonds. The van der Waals surface area contributed by atoms with Crippen molar-refractivity contribution < 1.29 is 14.3 Å². The number of nitrogens with zero attached hydrogens (tertiary/aromatic N) is 1. The van der Waals surface area contributed by atoms with Crippen LogP contribution >= 0.6 is 0 Å². The number of hydrogen-bond donors (Lipinski definition) is 1. The van der Waals surface area contributed by atoms with Crippen molar-refractivity contribution in [3.63, 3.8) is 0 Å². The number of carbonyl (C=O) groups excluding carboxylic acids is 2. The standard InChI is InChI=1S/C17H24N2O3/c1-4-22-16-8-7-14(10-12(16)2)11-18-17(21)15-6-5-9-19(15)13(3)20/h7-8,10,15H,4-6,9,11H2,1-3H3,(H,18,21). The lowest BCUT2D eigenvalue weighted by Gasteiger charge is -2.22. The average Bonchev–Trinajstić information content (AvgIpc) is 2.97. The van der Waals surface area contributed by atoms with E-state index < -0.39 is 0 Å². The highest BCUT2D eigenvalue weighted by atomic mass is 16.5. The van der Waals surface area contributed by atoms with Crippen LogP contribution in [0.25, 0.3) is 0 Å². The molecule has 1 aliphatic rings. The predicted molar refractivity (Wildman–Crippen MR) is 84.6 cm³/mol. The van der Waals surface area contributed by atoms with Crippen LogP contribution in [0.2, 0.25) is 0 Å². The van der Waals surface area contributed by atoms with Gasteiger partial charge in [-0.3, -0.25) is 9.59 Å². The molecule has 0 bridgehead atoms. The second-order valence-corrected chi connectivity index (χ2v) is 5.62. The van der Waals surface area contributed by atoms with Crippen molar-refractivity contribution in [2.24, 2.45) is 0 Å². The number of likely N-dealkylation sites (tertiary alicyclic amines) is 1. The maximum Gasteiger partial charge on any atom is 0.243 e. The van der Waals surface area contributed by atoms with Gasteiger partial charge < -0.3 is 15.0 Å². The molecular formula is C17H24N2O3. The molecule has 120 valence electrons. The first kappa shape index (κ1) is 16.3. The van der Waals surface area contributed by atoms with Crippen molar-refractivity contribution in [1.29, 1.82) is 0 Å². The van der Waals surface area contributed by atoms with Gasteiger partial charge in [-0.25, -0.2) is 0 Å². The van der Waals surface area contributed by atoms with Gasteiger partial charge in [-0.05, 0) is 43.9 Å². The second kappa shape index (κ2) is 7.29. The van der Waals surface area contributed by atoms with E-state index in [4.69, 9.17) is 4.74 Å². The molecule has 1 aliphatic heterocycles. The van der Waals surface area contributed by atoms with E-state index in [0.717, 1.165) is 29.7 Å². The van der Waals surface area contributed by atoms with Gasteiger partial charge in [-0.1, -0.05) is 12.1 Å². The highest BCUT2D eigenvalue weighted by Gasteiger charge is 2.31. The van der Waals surface area contributed by atoms with Gasteiger partial charge in [0.25, 0.3) is 0 Å². The summed E-state index contributed by atoms with van der Waals surface area (Å²) in [5, 5.41) is 2.93. The number of amides is 2. The molecule has 0 aromatic heterocycles. The number of carbonyl (C=O) groups is 2. The van der Waals surface area contributed by atoms with Gasteiger partial charge in [0.2, 0.25) is 11.8 Å². The van der Waals surface area contributed by atoms with E-state index in [9.17, 15) is 9.59 Å². The lowest BCUT2D eigenvalue weighted by atomic mass is 10.1. The molecule has 0 aliphatic carbocycles. The summed E-state index contributed by atoms with van der Waals surface area (Å²) >= 11 is 0. The molecule has 1 unspecified atom stereocenters. The Morgan fingerprint density at radius 2 is 2.18 bits per heavy atom. The zero-order chi connectivity index (χ0) is 16.1. The van der Waals surface area contributed by atoms with Crippen LogP contribution in [-0.4, -0.2) is 35.9 Å². The van der Waals surface area contributed by atoms with Crippen LogP contribution in [0, 0.1) is 6.92 Å². The molecule has 5 heteroatoms. The summed E-state index contributed by atoms with van der Waals surface area (Å²) in [5.41, 5.74) is 2.08. The molecule has 22 heavy (non-hydrogen) atoms. The Bertz CT molecular complexity index is 557. The van der Waals surface area contributed by atoms with E-state index in [2.05, 4.69) is 5.32 Å². The zero-order valence-corrected chi connectivity index (χ0v) is 13.5. The van der Waals surface area contributed by atoms with Crippen molar-refractivity contribution >= 4 is 11.8 Å². The quantitative estimate of drug-likeness (QED) is 0.905. The van der Waals surface area contributed by atoms with E-state index in [-0.39, 0.29) is 17.9 Å². The number of ether oxygens (including phenoxy) is 1. The summed E-state index contributed by atoms with van der Waals surface area (Å²) in [6, 6.07) is 5.58. The molecule has 1 heterocycles. The number of nitrogens with one attached hydrogen (secondary N) is 1. The maximum atomic E-state index is 12.3. The minimum atomic E-state index is -0.318. The fourth-order valence-corrected chi connectivity index (χ4v) is 2.86. The van der Waals surface area contributed by atoms with Crippen molar-refractivity contribution in [3.8, 4) is 5.75 Å². The molecule has 1 aromatic carbocycles. The van der Waals surface area contributed by atoms with E-state index in [1.54, 1.807) is 4.90 Å². The SMILES string of the molecule is CCOc1ccc(CNC(=O)C2CCCN2C(C)=O)cc1C. The lowest BCUT2D eigenvalue weighted by molar-refractivity contribution is -0.136. The molecule has 0 saturated carbocycles. The first-order valence-electron chi connectivity index (χ1n) is 7.80. The monoisotopic (exact) mass is 304 g/mol. The highest BCUT2D eigenvalue weighted by Crippen LogP contribution is 2.20. The van der Waals surface area contributed by atoms with E-state index in [0.29, 0.717) is 19.7 Å². The molecule has 1 N–H and O–H groups in total. The van der Waals surface area contributed by atoms with Gasteiger partial charge in [-0.2, -0.15) is 0 Å². The summed E-state index contributed by atoms with van der Waals surface area (Å²) in [6.07, 6.45) is 1.63. The Kier molecular flexibility index (Phi) is 5.41. The molecule has 1 aromatic rings. The molecule has 5 nitrogen and oxygen atoms in total. The molecule has 1 saturated heterocycles. The summed E-state index contributed by atoms with van der Waals surface area (Å²) < 4.78 is 5.51. The molecule has 1 fully saturated rings. The minimum Gasteiger partial charge on any atom is -0.494 e. The summed E-state index contributed by atoms with van der Waals surface area (Å²) in [5.74, 6) is 0.768. The van der Waals surface area contributed by atoms with Crippen LogP contribution in [0.5, 0.6) is 5.75 Å². The molecule has 0 spiro atoms. The Morgan fingerprint density at radius 3 is 2.82 bits per heavy atom. The van der Waals surface area contributed by atoms with E-state index in [1.165, 1.54) is 6.92 Å². The van der Waals surface area contributed by atoms with Gasteiger partial charge >= 0.3 is 0 Å². The van der Waals surface area contributed by atoms with Gasteiger partial charge in [-0.15, -0.1) is 0 Å². The van der Waals surface area contributed by atoms with Crippen LogP contribution < -0.4 is 10.1 Å². The smallest absolute Gasteiger partial charge is 0.243 e. The lowest BCUT2D eigenvalue weighted by Crippen LogP contribution is -2.44. The maximum absolute atomic E-state index is 12.3. The first-order chi connectivity index (χ1) is 10.5. The Hall–Kier alpha value is -2.04. The number of hydrogen-bond acceptors (Lipinski definition) is 3. The van der Waals surface area contributed by atoms with Gasteiger partial charge in [0.05, 0.1) is 6.61 Å². The van der Waals surface area contributed by atoms with Crippen LogP contribution in [0.4, 0.5) is 0 Å². The summed E-state index contributed by atoms with van der Waals surface area (Å²) in [6.45, 7) is 7.24. The summed E-state index contributed by atoms with van der Waals surface area (Å²) in [7, 11) is 0. The van der Waals surface area contributed by atoms with Gasteiger partial charge in [0, 0.05) is 20.0 Å². The van der Waals surface area contributed by atoms with Crippen LogP contribution in [0.15, 0.2) is 18.2 Å². The highest BCUT2D eigenvalue weighted by molar-refractivity contribution is 5.87. The fourth-order valence-electron chi connectivity index (χ4n) is 2.86. The largest absolute Gasteiger partial charge is 0.494 e. The summed E-state index contributed by atoms with van der Waals surface area (Å²) in [4.78, 5) is 25.4. The van der Waals surface area contributed by atoms with Crippen LogP contribution in [0.1, 0.15) is 37.8 Å². The van der Waals surface area contributed by atoms with Crippen molar-refractivity contribution in [2.75, 3.05) is 13.2 Å². The molecule has 0 radical (unpaired) electrons. The fraction of sp³-hybridized carbons (Fsp3) is 0.529. The topological polar surface area (TPSA) is 58.6 Å². The van der Waals surface area contributed by atoms with Crippen molar-refractivity contribution in [2.45, 2.75) is 46.2 Å². The zero-order valence-electron chi connectivity index (χ0n) is 13.5. The number of rotatable bonds is 5. The van der Waals surface area contributed by atoms with Gasteiger partial charge in [0.15, 0.2) is 0 Å². The third-order valence-electron chi connectivity index (χ3n) is 3.97. The Balaban J connectivity index is 1.93. The third-order valence-corrected chi connectivity index (χ3v) is 3.97. The third kappa shape index (κ3) is 3.78. The Labute approximate surface area is 131 Å². The van der Waals surface area contributed by atoms with Gasteiger partial charge in [0.1, 0.15) is 11.8 Å². The number of aryl methyl sites for hydroxylation is 1. The normalized spacial score (nSPS) is 17.4. The predicted octanol–water partition coefficient (Wildman–Crippen LogP) is 2.02. The molecule has 2 rings (SSSR count). The van der Waals surface area contributed by atoms with Crippen molar-refractivity contribution in [3.05, 3.63) is 29.3 Å². The first-order valence-corrected chi connectivity index (χ1v) is 7.80. The molecular weight excluding hydrogens is 280 g/mol. The van der Waals surface area contributed by atoms with E-state index >= 15 is 0 Å². The molecule has 1 atom stereocenters. The second-order valence-electron chi connectivity index (χ2n) is 5.62. The minimum absolute atomic E-state index is 0.0328. The average molecular weight is 304 g/mol. The van der Waals surface area contributed by atoms with E-state index in [1.807, 2.05) is 32.0 Å². The number of benzene rings is 1. The Morgan fingerprint density at radius 1 is 1.41 bits per heavy atom. The van der Waals surface area contributed by atoms with Crippen LogP contribution in [-0.2, 0) is 16.1 Å².